The molecule has 2 heteroatoms. The normalized spacial score (nSPS) is 14.1. The van der Waals surface area contributed by atoms with Crippen molar-refractivity contribution in [2.24, 2.45) is 0 Å². The third-order valence-electron chi connectivity index (χ3n) is 1.80. The third kappa shape index (κ3) is 1.59. The second kappa shape index (κ2) is 3.50. The average molecular weight is 192 g/mol. The molecule has 2 aromatic rings. The van der Waals surface area contributed by atoms with Gasteiger partial charge in [0.25, 0.3) is 0 Å². The smallest absolute Gasteiger partial charge is 0.123 e. The van der Waals surface area contributed by atoms with Crippen molar-refractivity contribution >= 4 is 0 Å². The summed E-state index contributed by atoms with van der Waals surface area (Å²) in [6, 6.07) is 3.25. The number of hydrogen-bond acceptors (Lipinski definition) is 1. The second-order valence-electron chi connectivity index (χ2n) is 2.73. The van der Waals surface area contributed by atoms with E-state index in [1.807, 2.05) is 0 Å². The minimum absolute atomic E-state index is 0.0269. The zero-order valence-electron chi connectivity index (χ0n) is 11.1. The van der Waals surface area contributed by atoms with Gasteiger partial charge in [0.05, 0.1) is 5.48 Å². The molecule has 0 aliphatic rings. The number of para-hydroxylation sites is 1. The van der Waals surface area contributed by atoms with Crippen LogP contribution in [0.15, 0.2) is 48.4 Å². The van der Waals surface area contributed by atoms with Crippen molar-refractivity contribution in [3.05, 3.63) is 54.3 Å². The zero-order valence-corrected chi connectivity index (χ0v) is 7.13. The lowest BCUT2D eigenvalue weighted by Crippen LogP contribution is -1.79. The molecule has 0 amide bonds. The largest absolute Gasteiger partial charge is 0.507 e. The summed E-state index contributed by atoms with van der Waals surface area (Å²) in [5.74, 6) is -0.994. The summed E-state index contributed by atoms with van der Waals surface area (Å²) >= 11 is 0. The average Bonchev–Trinajstić information content (AvgIpc) is 2.36. The summed E-state index contributed by atoms with van der Waals surface area (Å²) in [4.78, 5) is 0. The van der Waals surface area contributed by atoms with E-state index in [2.05, 4.69) is 0 Å². The number of halogens is 1. The Bertz CT molecular complexity index is 581. The van der Waals surface area contributed by atoms with Gasteiger partial charge in [-0.25, -0.2) is 4.39 Å². The number of aromatic hydroxyl groups is 1. The molecule has 0 spiro atoms. The van der Waals surface area contributed by atoms with Crippen molar-refractivity contribution in [1.82, 2.24) is 0 Å². The van der Waals surface area contributed by atoms with E-state index in [1.165, 1.54) is 12.1 Å². The lowest BCUT2D eigenvalue weighted by Gasteiger charge is -2.03. The van der Waals surface area contributed by atoms with Crippen LogP contribution in [-0.2, 0) is 0 Å². The van der Waals surface area contributed by atoms with E-state index in [1.54, 1.807) is 0 Å². The first-order valence-corrected chi connectivity index (χ1v) is 3.98. The van der Waals surface area contributed by atoms with Crippen LogP contribution in [-0.4, -0.2) is 5.11 Å². The molecular formula is C12H9FO. The van der Waals surface area contributed by atoms with Gasteiger partial charge in [0.1, 0.15) is 11.6 Å². The van der Waals surface area contributed by atoms with Crippen LogP contribution >= 0.6 is 0 Å². The lowest BCUT2D eigenvalue weighted by atomic mass is 10.1. The molecule has 0 aliphatic heterocycles. The summed E-state index contributed by atoms with van der Waals surface area (Å²) < 4.78 is 43.0. The van der Waals surface area contributed by atoms with Gasteiger partial charge in [0, 0.05) is 5.56 Å². The van der Waals surface area contributed by atoms with E-state index in [4.69, 9.17) is 5.48 Å². The topological polar surface area (TPSA) is 20.2 Å². The molecule has 0 fully saturated rings. The second-order valence-corrected chi connectivity index (χ2v) is 2.73. The molecule has 0 atom stereocenters. The van der Waals surface area contributed by atoms with E-state index in [0.29, 0.717) is 5.56 Å². The van der Waals surface area contributed by atoms with E-state index >= 15 is 0 Å². The Hall–Kier alpha value is -1.83. The molecule has 0 saturated heterocycles. The van der Waals surface area contributed by atoms with Gasteiger partial charge in [-0.1, -0.05) is 30.3 Å². The summed E-state index contributed by atoms with van der Waals surface area (Å²) in [7, 11) is 0. The minimum Gasteiger partial charge on any atom is -0.507 e. The predicted octanol–water partition coefficient (Wildman–Crippen LogP) is 3.20. The Labute approximate surface area is 87.1 Å². The van der Waals surface area contributed by atoms with E-state index in [0.717, 1.165) is 12.1 Å². The minimum atomic E-state index is -0.535. The number of benzene rings is 2. The van der Waals surface area contributed by atoms with Crippen molar-refractivity contribution in [2.45, 2.75) is 0 Å². The number of rotatable bonds is 1. The highest BCUT2D eigenvalue weighted by molar-refractivity contribution is 5.69. The first-order chi connectivity index (χ1) is 8.43. The van der Waals surface area contributed by atoms with Crippen LogP contribution in [0.1, 0.15) is 5.48 Å². The van der Waals surface area contributed by atoms with Gasteiger partial charge in [0.15, 0.2) is 0 Å². The molecule has 0 aromatic heterocycles. The van der Waals surface area contributed by atoms with Gasteiger partial charge in [-0.15, -0.1) is 0 Å². The molecule has 0 aliphatic carbocycles. The first-order valence-electron chi connectivity index (χ1n) is 5.98. The fourth-order valence-corrected chi connectivity index (χ4v) is 1.13. The Morgan fingerprint density at radius 2 is 1.71 bits per heavy atom. The Balaban J connectivity index is 2.75. The number of phenolic OH excluding ortho intramolecular Hbond substituents is 1. The third-order valence-corrected chi connectivity index (χ3v) is 1.80. The van der Waals surface area contributed by atoms with E-state index in [-0.39, 0.29) is 11.6 Å². The molecular weight excluding hydrogens is 179 g/mol. The molecule has 0 saturated carbocycles. The fourth-order valence-electron chi connectivity index (χ4n) is 1.13. The Kier molecular flexibility index (Phi) is 1.29. The van der Waals surface area contributed by atoms with Crippen LogP contribution in [0.5, 0.6) is 5.75 Å². The van der Waals surface area contributed by atoms with Crippen molar-refractivity contribution in [3.63, 3.8) is 0 Å². The van der Waals surface area contributed by atoms with Crippen molar-refractivity contribution in [3.8, 4) is 16.9 Å². The Morgan fingerprint density at radius 1 is 1.07 bits per heavy atom. The standard InChI is InChI=1S/C12H9FO/c13-10-7-5-9(6-8-10)11-3-1-2-4-12(11)14/h1-8,14H/i1D,2D,3D,4D. The van der Waals surface area contributed by atoms with Gasteiger partial charge in [0.2, 0.25) is 0 Å². The van der Waals surface area contributed by atoms with Crippen LogP contribution < -0.4 is 0 Å². The van der Waals surface area contributed by atoms with Crippen LogP contribution in [0.25, 0.3) is 11.1 Å². The SMILES string of the molecule is [2H]c1c([2H])c([2H])c(-c2ccc(F)cc2)c(O)c1[2H]. The van der Waals surface area contributed by atoms with Gasteiger partial charge in [-0.2, -0.15) is 0 Å². The fraction of sp³-hybridized carbons (Fsp3) is 0. The molecule has 70 valence electrons. The Morgan fingerprint density at radius 3 is 2.43 bits per heavy atom. The quantitative estimate of drug-likeness (QED) is 0.735. The molecule has 1 nitrogen and oxygen atoms in total. The van der Waals surface area contributed by atoms with Gasteiger partial charge in [-0.05, 0) is 23.7 Å². The summed E-state index contributed by atoms with van der Waals surface area (Å²) in [5, 5.41) is 9.80. The van der Waals surface area contributed by atoms with Gasteiger partial charge in [-0.3, -0.25) is 0 Å². The molecule has 0 heterocycles. The van der Waals surface area contributed by atoms with Crippen molar-refractivity contribution in [2.75, 3.05) is 0 Å². The first kappa shape index (κ1) is 5.15. The van der Waals surface area contributed by atoms with Crippen LogP contribution in [0.2, 0.25) is 0 Å². The van der Waals surface area contributed by atoms with Crippen LogP contribution in [0.4, 0.5) is 4.39 Å². The van der Waals surface area contributed by atoms with E-state index in [9.17, 15) is 9.50 Å². The van der Waals surface area contributed by atoms with Crippen LogP contribution in [0, 0.1) is 5.82 Å². The molecule has 1 N–H and O–H groups in total. The predicted molar refractivity (Wildman–Crippen MR) is 53.5 cm³/mol. The highest BCUT2D eigenvalue weighted by atomic mass is 19.1. The van der Waals surface area contributed by atoms with Gasteiger partial charge < -0.3 is 5.11 Å². The highest BCUT2D eigenvalue weighted by Gasteiger charge is 2.02. The van der Waals surface area contributed by atoms with Crippen molar-refractivity contribution in [1.29, 1.82) is 0 Å². The van der Waals surface area contributed by atoms with Crippen LogP contribution in [0.3, 0.4) is 0 Å². The molecule has 2 aromatic carbocycles. The maximum absolute atomic E-state index is 12.8. The van der Waals surface area contributed by atoms with E-state index < -0.39 is 29.7 Å². The monoisotopic (exact) mass is 192 g/mol. The molecule has 0 bridgehead atoms. The zero-order chi connectivity index (χ0) is 13.4. The van der Waals surface area contributed by atoms with Gasteiger partial charge >= 0.3 is 0 Å². The molecule has 0 unspecified atom stereocenters. The molecule has 14 heavy (non-hydrogen) atoms. The maximum Gasteiger partial charge on any atom is 0.123 e. The summed E-state index contributed by atoms with van der Waals surface area (Å²) in [5.41, 5.74) is 0.307. The molecule has 0 radical (unpaired) electrons. The number of hydrogen-bond donors (Lipinski definition) is 1. The lowest BCUT2D eigenvalue weighted by molar-refractivity contribution is 0.477. The number of phenols is 1. The molecule has 2 rings (SSSR count). The summed E-state index contributed by atoms with van der Waals surface area (Å²) in [6.07, 6.45) is 0. The highest BCUT2D eigenvalue weighted by Crippen LogP contribution is 2.28. The summed E-state index contributed by atoms with van der Waals surface area (Å²) in [6.45, 7) is 0. The maximum atomic E-state index is 12.8. The van der Waals surface area contributed by atoms with Crippen molar-refractivity contribution < 1.29 is 15.0 Å².